The lowest BCUT2D eigenvalue weighted by Crippen LogP contribution is -2.29. The van der Waals surface area contributed by atoms with Gasteiger partial charge in [-0.3, -0.25) is 0 Å². The van der Waals surface area contributed by atoms with Gasteiger partial charge in [-0.05, 0) is 19.4 Å². The van der Waals surface area contributed by atoms with Gasteiger partial charge in [0, 0.05) is 17.0 Å². The van der Waals surface area contributed by atoms with E-state index >= 15 is 0 Å². The number of halogens is 1. The average Bonchev–Trinajstić information content (AvgIpc) is 2.03. The number of hydrogen-bond donors (Lipinski definition) is 0. The summed E-state index contributed by atoms with van der Waals surface area (Å²) in [6.45, 7) is 9.33. The Morgan fingerprint density at radius 3 is 2.17 bits per heavy atom. The average molecular weight is 283 g/mol. The molecule has 0 aromatic heterocycles. The van der Waals surface area contributed by atoms with E-state index in [1.807, 2.05) is 0 Å². The standard InChI is InChI=1S/C10H22IN/c1-5-9(3)7-12(4)8-10(11)6-2/h9-10H,5-8H2,1-4H3. The lowest BCUT2D eigenvalue weighted by molar-refractivity contribution is 0.284. The van der Waals surface area contributed by atoms with E-state index in [0.29, 0.717) is 0 Å². The highest BCUT2D eigenvalue weighted by atomic mass is 127. The molecule has 0 bridgehead atoms. The van der Waals surface area contributed by atoms with Crippen molar-refractivity contribution >= 4 is 22.6 Å². The molecule has 0 aliphatic carbocycles. The summed E-state index contributed by atoms with van der Waals surface area (Å²) in [7, 11) is 2.23. The van der Waals surface area contributed by atoms with Crippen molar-refractivity contribution in [2.75, 3.05) is 20.1 Å². The van der Waals surface area contributed by atoms with Crippen LogP contribution in [-0.4, -0.2) is 29.0 Å². The second-order valence-corrected chi connectivity index (χ2v) is 5.50. The summed E-state index contributed by atoms with van der Waals surface area (Å²) in [5, 5.41) is 0. The Balaban J connectivity index is 3.51. The van der Waals surface area contributed by atoms with E-state index in [-0.39, 0.29) is 0 Å². The highest BCUT2D eigenvalue weighted by molar-refractivity contribution is 14.1. The maximum atomic E-state index is 2.54. The van der Waals surface area contributed by atoms with Crippen LogP contribution in [0.3, 0.4) is 0 Å². The van der Waals surface area contributed by atoms with Crippen LogP contribution in [0.1, 0.15) is 33.6 Å². The molecule has 0 aromatic rings. The van der Waals surface area contributed by atoms with E-state index in [0.717, 1.165) is 9.84 Å². The second-order valence-electron chi connectivity index (χ2n) is 3.74. The third kappa shape index (κ3) is 6.23. The first-order valence-corrected chi connectivity index (χ1v) is 6.17. The molecule has 0 saturated heterocycles. The van der Waals surface area contributed by atoms with E-state index in [2.05, 4.69) is 55.3 Å². The van der Waals surface area contributed by atoms with Gasteiger partial charge < -0.3 is 4.90 Å². The summed E-state index contributed by atoms with van der Waals surface area (Å²) in [5.74, 6) is 0.843. The molecule has 0 saturated carbocycles. The predicted octanol–water partition coefficient (Wildman–Crippen LogP) is 3.18. The Kier molecular flexibility index (Phi) is 7.54. The topological polar surface area (TPSA) is 3.24 Å². The van der Waals surface area contributed by atoms with Crippen molar-refractivity contribution in [1.29, 1.82) is 0 Å². The molecule has 0 rings (SSSR count). The molecule has 0 radical (unpaired) electrons. The van der Waals surface area contributed by atoms with E-state index in [9.17, 15) is 0 Å². The molecule has 0 aliphatic rings. The van der Waals surface area contributed by atoms with Crippen molar-refractivity contribution in [3.8, 4) is 0 Å². The van der Waals surface area contributed by atoms with Crippen molar-refractivity contribution in [2.24, 2.45) is 5.92 Å². The van der Waals surface area contributed by atoms with Crippen LogP contribution in [0.25, 0.3) is 0 Å². The third-order valence-corrected chi connectivity index (χ3v) is 3.55. The minimum absolute atomic E-state index is 0.816. The van der Waals surface area contributed by atoms with Crippen LogP contribution in [0.15, 0.2) is 0 Å². The highest BCUT2D eigenvalue weighted by Crippen LogP contribution is 2.09. The van der Waals surface area contributed by atoms with Gasteiger partial charge in [0.2, 0.25) is 0 Å². The molecule has 12 heavy (non-hydrogen) atoms. The Morgan fingerprint density at radius 2 is 1.75 bits per heavy atom. The van der Waals surface area contributed by atoms with E-state index in [1.54, 1.807) is 0 Å². The zero-order valence-electron chi connectivity index (χ0n) is 8.81. The monoisotopic (exact) mass is 283 g/mol. The van der Waals surface area contributed by atoms with Crippen LogP contribution in [0.4, 0.5) is 0 Å². The summed E-state index contributed by atoms with van der Waals surface area (Å²) < 4.78 is 0.816. The fourth-order valence-electron chi connectivity index (χ4n) is 1.20. The van der Waals surface area contributed by atoms with E-state index in [1.165, 1.54) is 25.9 Å². The van der Waals surface area contributed by atoms with Crippen LogP contribution in [0, 0.1) is 5.92 Å². The van der Waals surface area contributed by atoms with Crippen LogP contribution >= 0.6 is 22.6 Å². The molecule has 0 aliphatic heterocycles. The number of nitrogens with zero attached hydrogens (tertiary/aromatic N) is 1. The minimum atomic E-state index is 0.816. The van der Waals surface area contributed by atoms with Gasteiger partial charge in [-0.1, -0.05) is 49.8 Å². The zero-order chi connectivity index (χ0) is 9.56. The maximum absolute atomic E-state index is 2.54. The van der Waals surface area contributed by atoms with Gasteiger partial charge in [0.25, 0.3) is 0 Å². The lowest BCUT2D eigenvalue weighted by atomic mass is 10.1. The summed E-state index contributed by atoms with van der Waals surface area (Å²) in [6, 6.07) is 0. The van der Waals surface area contributed by atoms with E-state index in [4.69, 9.17) is 0 Å². The third-order valence-electron chi connectivity index (χ3n) is 2.27. The molecule has 0 spiro atoms. The van der Waals surface area contributed by atoms with Gasteiger partial charge >= 0.3 is 0 Å². The fraction of sp³-hybridized carbons (Fsp3) is 1.00. The van der Waals surface area contributed by atoms with Gasteiger partial charge in [-0.2, -0.15) is 0 Å². The molecule has 0 heterocycles. The van der Waals surface area contributed by atoms with Crippen LogP contribution in [0.2, 0.25) is 0 Å². The predicted molar refractivity (Wildman–Crippen MR) is 65.1 cm³/mol. The van der Waals surface area contributed by atoms with Crippen LogP contribution in [-0.2, 0) is 0 Å². The van der Waals surface area contributed by atoms with Gasteiger partial charge in [-0.15, -0.1) is 0 Å². The second kappa shape index (κ2) is 7.13. The Labute approximate surface area is 91.0 Å². The number of hydrogen-bond acceptors (Lipinski definition) is 1. The summed E-state index contributed by atoms with van der Waals surface area (Å²) >= 11 is 2.54. The van der Waals surface area contributed by atoms with Gasteiger partial charge in [0.1, 0.15) is 0 Å². The molecule has 2 heteroatoms. The van der Waals surface area contributed by atoms with Gasteiger partial charge in [0.15, 0.2) is 0 Å². The number of rotatable bonds is 6. The molecule has 74 valence electrons. The summed E-state index contributed by atoms with van der Waals surface area (Å²) in [4.78, 5) is 2.45. The Bertz CT molecular complexity index is 94.0. The van der Waals surface area contributed by atoms with Crippen molar-refractivity contribution in [2.45, 2.75) is 37.5 Å². The van der Waals surface area contributed by atoms with Gasteiger partial charge in [-0.25, -0.2) is 0 Å². The molecule has 0 aromatic carbocycles. The first-order valence-electron chi connectivity index (χ1n) is 4.92. The smallest absolute Gasteiger partial charge is 0.0234 e. The quantitative estimate of drug-likeness (QED) is 0.534. The van der Waals surface area contributed by atoms with E-state index < -0.39 is 0 Å². The van der Waals surface area contributed by atoms with Crippen molar-refractivity contribution in [3.63, 3.8) is 0 Å². The van der Waals surface area contributed by atoms with Crippen molar-refractivity contribution < 1.29 is 0 Å². The van der Waals surface area contributed by atoms with Gasteiger partial charge in [0.05, 0.1) is 0 Å². The summed E-state index contributed by atoms with van der Waals surface area (Å²) in [5.41, 5.74) is 0. The normalized spacial score (nSPS) is 16.5. The lowest BCUT2D eigenvalue weighted by Gasteiger charge is -2.22. The van der Waals surface area contributed by atoms with Crippen molar-refractivity contribution in [1.82, 2.24) is 4.90 Å². The first kappa shape index (κ1) is 12.7. The molecule has 0 amide bonds. The molecule has 2 unspecified atom stereocenters. The minimum Gasteiger partial charge on any atom is -0.305 e. The molecule has 0 N–H and O–H groups in total. The zero-order valence-corrected chi connectivity index (χ0v) is 11.0. The SMILES string of the molecule is CCC(C)CN(C)CC(I)CC. The Hall–Kier alpha value is 0.690. The number of alkyl halides is 1. The molecule has 0 fully saturated rings. The molecular formula is C10H22IN. The largest absolute Gasteiger partial charge is 0.305 e. The van der Waals surface area contributed by atoms with Crippen LogP contribution in [0.5, 0.6) is 0 Å². The van der Waals surface area contributed by atoms with Crippen molar-refractivity contribution in [3.05, 3.63) is 0 Å². The molecule has 1 nitrogen and oxygen atoms in total. The Morgan fingerprint density at radius 1 is 1.17 bits per heavy atom. The fourth-order valence-corrected chi connectivity index (χ4v) is 1.88. The molecule has 2 atom stereocenters. The summed E-state index contributed by atoms with van der Waals surface area (Å²) in [6.07, 6.45) is 2.58. The maximum Gasteiger partial charge on any atom is 0.0234 e. The first-order chi connectivity index (χ1) is 5.60. The molecular weight excluding hydrogens is 261 g/mol. The highest BCUT2D eigenvalue weighted by Gasteiger charge is 2.07. The van der Waals surface area contributed by atoms with Crippen LogP contribution < -0.4 is 0 Å².